The van der Waals surface area contributed by atoms with Gasteiger partial charge in [0.15, 0.2) is 5.78 Å². The third kappa shape index (κ3) is 7.61. The zero-order chi connectivity index (χ0) is 26.2. The maximum atomic E-state index is 12.4. The van der Waals surface area contributed by atoms with Crippen molar-refractivity contribution in [3.8, 4) is 17.2 Å². The molecule has 2 aromatic rings. The Morgan fingerprint density at radius 3 is 2.14 bits per heavy atom. The van der Waals surface area contributed by atoms with Crippen molar-refractivity contribution >= 4 is 21.7 Å². The van der Waals surface area contributed by atoms with E-state index in [4.69, 9.17) is 9.47 Å². The summed E-state index contributed by atoms with van der Waals surface area (Å²) in [4.78, 5) is 23.4. The molecule has 0 bridgehead atoms. The number of Topliss-reactive ketones (excluding diaryl/α,β-unsaturated/α-hetero) is 1. The van der Waals surface area contributed by atoms with Crippen LogP contribution in [-0.2, 0) is 16.4 Å². The maximum Gasteiger partial charge on any atom is 0.516 e. The van der Waals surface area contributed by atoms with Gasteiger partial charge < -0.3 is 14.6 Å². The zero-order valence-electron chi connectivity index (χ0n) is 19.1. The Morgan fingerprint density at radius 1 is 1.00 bits per heavy atom. The van der Waals surface area contributed by atoms with Crippen LogP contribution in [0.15, 0.2) is 36.4 Å². The van der Waals surface area contributed by atoms with Gasteiger partial charge in [-0.15, -0.1) is 0 Å². The third-order valence-corrected chi connectivity index (χ3v) is 5.90. The number of hydrogen-bond donors (Lipinski definition) is 2. The zero-order valence-corrected chi connectivity index (χ0v) is 20.0. The van der Waals surface area contributed by atoms with Crippen LogP contribution in [0.3, 0.4) is 0 Å². The van der Waals surface area contributed by atoms with Crippen molar-refractivity contribution in [3.05, 3.63) is 53.1 Å². The fourth-order valence-corrected chi connectivity index (χ4v) is 3.52. The standard InChI is InChI=1S/C23H26F3NO7S/c1-3-6-19-20(12-11-18(15(2)28)21(19)29)34-14-5-4-13-33-17-9-7-16(8-10-17)22(30)27-35(31,32)23(24,25)26/h7-12,29H,3-6,13-14H2,1-2H3,(H,27,30). The largest absolute Gasteiger partial charge is 0.516 e. The van der Waals surface area contributed by atoms with Crippen LogP contribution in [0.5, 0.6) is 17.2 Å². The average molecular weight is 518 g/mol. The fourth-order valence-electron chi connectivity index (χ4n) is 3.05. The first-order valence-corrected chi connectivity index (χ1v) is 12.2. The highest BCUT2D eigenvalue weighted by Gasteiger charge is 2.47. The Bertz CT molecular complexity index is 1150. The second kappa shape index (κ2) is 11.9. The fraction of sp³-hybridized carbons (Fsp3) is 0.391. The monoisotopic (exact) mass is 517 g/mol. The molecule has 0 aliphatic carbocycles. The average Bonchev–Trinajstić information content (AvgIpc) is 2.77. The number of aromatic hydroxyl groups is 1. The summed E-state index contributed by atoms with van der Waals surface area (Å²) in [6, 6.07) is 8.15. The van der Waals surface area contributed by atoms with Gasteiger partial charge in [0.25, 0.3) is 5.91 Å². The van der Waals surface area contributed by atoms with E-state index in [9.17, 15) is 36.3 Å². The molecule has 2 aromatic carbocycles. The molecule has 0 radical (unpaired) electrons. The normalized spacial score (nSPS) is 11.7. The lowest BCUT2D eigenvalue weighted by Gasteiger charge is -2.14. The van der Waals surface area contributed by atoms with Gasteiger partial charge in [-0.05, 0) is 62.6 Å². The van der Waals surface area contributed by atoms with E-state index in [0.29, 0.717) is 42.9 Å². The van der Waals surface area contributed by atoms with Crippen LogP contribution in [0.25, 0.3) is 0 Å². The number of nitrogens with one attached hydrogen (secondary N) is 1. The summed E-state index contributed by atoms with van der Waals surface area (Å²) >= 11 is 0. The number of carbonyl (C=O) groups excluding carboxylic acids is 2. The Kier molecular flexibility index (Phi) is 9.52. The Labute approximate surface area is 201 Å². The Morgan fingerprint density at radius 2 is 1.60 bits per heavy atom. The minimum atomic E-state index is -5.78. The van der Waals surface area contributed by atoms with Crippen LogP contribution in [0, 0.1) is 0 Å². The third-order valence-electron chi connectivity index (χ3n) is 4.83. The molecule has 0 heterocycles. The van der Waals surface area contributed by atoms with Crippen molar-refractivity contribution in [2.75, 3.05) is 13.2 Å². The number of benzene rings is 2. The molecule has 12 heteroatoms. The first kappa shape index (κ1) is 28.0. The van der Waals surface area contributed by atoms with E-state index in [0.717, 1.165) is 23.3 Å². The van der Waals surface area contributed by atoms with Crippen molar-refractivity contribution < 1.29 is 45.8 Å². The molecule has 35 heavy (non-hydrogen) atoms. The number of amides is 1. The number of unbranched alkanes of at least 4 members (excludes halogenated alkanes) is 1. The molecule has 2 rings (SSSR count). The van der Waals surface area contributed by atoms with Crippen molar-refractivity contribution in [2.24, 2.45) is 0 Å². The predicted molar refractivity (Wildman–Crippen MR) is 121 cm³/mol. The highest BCUT2D eigenvalue weighted by molar-refractivity contribution is 7.90. The number of sulfonamides is 1. The molecule has 0 aliphatic rings. The molecule has 192 valence electrons. The van der Waals surface area contributed by atoms with Crippen molar-refractivity contribution in [1.29, 1.82) is 0 Å². The van der Waals surface area contributed by atoms with Gasteiger partial charge in [0, 0.05) is 11.1 Å². The molecular weight excluding hydrogens is 491 g/mol. The van der Waals surface area contributed by atoms with Crippen LogP contribution in [0.4, 0.5) is 13.2 Å². The van der Waals surface area contributed by atoms with Crippen LogP contribution >= 0.6 is 0 Å². The molecular formula is C23H26F3NO7S. The van der Waals surface area contributed by atoms with E-state index in [1.54, 1.807) is 6.07 Å². The number of hydrogen-bond acceptors (Lipinski definition) is 7. The second-order valence-corrected chi connectivity index (χ2v) is 9.23. The minimum absolute atomic E-state index is 0.0617. The Balaban J connectivity index is 1.81. The number of rotatable bonds is 12. The summed E-state index contributed by atoms with van der Waals surface area (Å²) in [6.07, 6.45) is 2.52. The second-order valence-electron chi connectivity index (χ2n) is 7.55. The summed E-state index contributed by atoms with van der Waals surface area (Å²) in [5.41, 5.74) is -5.03. The first-order chi connectivity index (χ1) is 16.4. The van der Waals surface area contributed by atoms with E-state index in [1.165, 1.54) is 25.1 Å². The number of carbonyl (C=O) groups is 2. The molecule has 0 saturated carbocycles. The van der Waals surface area contributed by atoms with Gasteiger partial charge in [-0.3, -0.25) is 9.59 Å². The van der Waals surface area contributed by atoms with Crippen LogP contribution in [0.1, 0.15) is 59.4 Å². The number of alkyl halides is 3. The summed E-state index contributed by atoms with van der Waals surface area (Å²) in [6.45, 7) is 3.95. The van der Waals surface area contributed by atoms with Gasteiger partial charge in [-0.1, -0.05) is 13.3 Å². The lowest BCUT2D eigenvalue weighted by atomic mass is 10.0. The van der Waals surface area contributed by atoms with Crippen LogP contribution in [-0.4, -0.2) is 43.9 Å². The van der Waals surface area contributed by atoms with Gasteiger partial charge in [0.05, 0.1) is 18.8 Å². The van der Waals surface area contributed by atoms with Gasteiger partial charge in [0.1, 0.15) is 17.2 Å². The van der Waals surface area contributed by atoms with Gasteiger partial charge in [-0.25, -0.2) is 4.72 Å². The smallest absolute Gasteiger partial charge is 0.507 e. The summed E-state index contributed by atoms with van der Waals surface area (Å²) in [5, 5.41) is 10.4. The van der Waals surface area contributed by atoms with Crippen molar-refractivity contribution in [3.63, 3.8) is 0 Å². The summed E-state index contributed by atoms with van der Waals surface area (Å²) in [7, 11) is -5.78. The quantitative estimate of drug-likeness (QED) is 0.317. The molecule has 0 aliphatic heterocycles. The SMILES string of the molecule is CCCc1c(OCCCCOc2ccc(C(=O)NS(=O)(=O)C(F)(F)F)cc2)ccc(C(C)=O)c1O. The van der Waals surface area contributed by atoms with Crippen LogP contribution in [0.2, 0.25) is 0 Å². The van der Waals surface area contributed by atoms with Crippen molar-refractivity contribution in [1.82, 2.24) is 4.72 Å². The molecule has 0 unspecified atom stereocenters. The van der Waals surface area contributed by atoms with E-state index in [-0.39, 0.29) is 29.3 Å². The number of phenols is 1. The molecule has 0 aromatic heterocycles. The van der Waals surface area contributed by atoms with Gasteiger partial charge in [0.2, 0.25) is 0 Å². The number of ether oxygens (including phenoxy) is 2. The van der Waals surface area contributed by atoms with Crippen LogP contribution < -0.4 is 14.2 Å². The van der Waals surface area contributed by atoms with Gasteiger partial charge >= 0.3 is 15.5 Å². The van der Waals surface area contributed by atoms with E-state index < -0.39 is 21.4 Å². The lowest BCUT2D eigenvalue weighted by molar-refractivity contribution is -0.0446. The van der Waals surface area contributed by atoms with E-state index in [1.807, 2.05) is 6.92 Å². The number of halogens is 3. The highest BCUT2D eigenvalue weighted by atomic mass is 32.2. The maximum absolute atomic E-state index is 12.4. The highest BCUT2D eigenvalue weighted by Crippen LogP contribution is 2.33. The topological polar surface area (TPSA) is 119 Å². The van der Waals surface area contributed by atoms with E-state index >= 15 is 0 Å². The number of phenolic OH excluding ortho intramolecular Hbond substituents is 1. The summed E-state index contributed by atoms with van der Waals surface area (Å²) in [5.74, 6) is -0.847. The van der Waals surface area contributed by atoms with E-state index in [2.05, 4.69) is 0 Å². The first-order valence-electron chi connectivity index (χ1n) is 10.7. The van der Waals surface area contributed by atoms with Crippen molar-refractivity contribution in [2.45, 2.75) is 45.0 Å². The lowest BCUT2D eigenvalue weighted by Crippen LogP contribution is -2.40. The molecule has 0 fully saturated rings. The Hall–Kier alpha value is -3.28. The minimum Gasteiger partial charge on any atom is -0.507 e. The molecule has 0 spiro atoms. The predicted octanol–water partition coefficient (Wildman–Crippen LogP) is 4.36. The van der Waals surface area contributed by atoms with Gasteiger partial charge in [-0.2, -0.15) is 21.6 Å². The molecule has 0 atom stereocenters. The molecule has 1 amide bonds. The number of ketones is 1. The summed E-state index contributed by atoms with van der Waals surface area (Å²) < 4.78 is 71.3. The molecule has 0 saturated heterocycles. The molecule has 8 nitrogen and oxygen atoms in total. The molecule has 2 N–H and O–H groups in total.